The summed E-state index contributed by atoms with van der Waals surface area (Å²) >= 11 is 5.75. The van der Waals surface area contributed by atoms with E-state index < -0.39 is 4.92 Å². The van der Waals surface area contributed by atoms with Crippen molar-refractivity contribution in [1.82, 2.24) is 9.97 Å². The molecule has 0 saturated carbocycles. The Balaban J connectivity index is 0.00000147. The van der Waals surface area contributed by atoms with E-state index in [1.165, 1.54) is 0 Å². The molecular weight excluding hydrogens is 397 g/mol. The Kier molecular flexibility index (Phi) is 7.98. The van der Waals surface area contributed by atoms with Crippen LogP contribution in [0.1, 0.15) is 5.56 Å². The molecule has 2 aromatic rings. The van der Waals surface area contributed by atoms with Crippen LogP contribution in [0.4, 0.5) is 17.2 Å². The number of aromatic nitrogens is 2. The van der Waals surface area contributed by atoms with Crippen molar-refractivity contribution in [2.45, 2.75) is 6.42 Å². The molecule has 2 radical (unpaired) electrons. The predicted octanol–water partition coefficient (Wildman–Crippen LogP) is 2.98. The minimum Gasteiger partial charge on any atom is -0.358 e. The summed E-state index contributed by atoms with van der Waals surface area (Å²) in [5, 5.41) is 11.0. The van der Waals surface area contributed by atoms with Gasteiger partial charge in [-0.3, -0.25) is 10.1 Å². The second kappa shape index (κ2) is 8.44. The van der Waals surface area contributed by atoms with E-state index >= 15 is 0 Å². The van der Waals surface area contributed by atoms with Crippen LogP contribution in [-0.4, -0.2) is 21.4 Å². The van der Waals surface area contributed by atoms with Gasteiger partial charge in [-0.15, -0.1) is 5.56 Å². The molecule has 1 aromatic carbocycles. The van der Waals surface area contributed by atoms with E-state index in [1.54, 1.807) is 11.0 Å². The summed E-state index contributed by atoms with van der Waals surface area (Å²) in [4.78, 5) is 19.9. The van der Waals surface area contributed by atoms with Crippen LogP contribution in [-0.2, 0) is 40.0 Å². The van der Waals surface area contributed by atoms with Crippen LogP contribution in [0.25, 0.3) is 0 Å². The maximum absolute atomic E-state index is 11.0. The molecular formula is C13H11ClCo2N4O2-2. The zero-order valence-electron chi connectivity index (χ0n) is 11.4. The normalized spacial score (nSPS) is 11.6. The number of nitro groups is 1. The van der Waals surface area contributed by atoms with Gasteiger partial charge in [-0.25, -0.2) is 4.98 Å². The van der Waals surface area contributed by atoms with Crippen molar-refractivity contribution in [3.05, 3.63) is 58.9 Å². The number of anilines is 2. The van der Waals surface area contributed by atoms with Gasteiger partial charge in [0.05, 0.1) is 4.92 Å². The monoisotopic (exact) mass is 408 g/mol. The Hall–Kier alpha value is -1.20. The minimum absolute atomic E-state index is 0. The molecule has 1 aliphatic rings. The number of hydrogen-bond donors (Lipinski definition) is 0. The van der Waals surface area contributed by atoms with Crippen LogP contribution in [0.3, 0.4) is 0 Å². The Morgan fingerprint density at radius 3 is 2.82 bits per heavy atom. The molecule has 0 aliphatic carbocycles. The molecule has 0 saturated heterocycles. The number of hydrogen-bond acceptors (Lipinski definition) is 5. The van der Waals surface area contributed by atoms with Crippen molar-refractivity contribution in [3.63, 3.8) is 0 Å². The third kappa shape index (κ3) is 3.76. The summed E-state index contributed by atoms with van der Waals surface area (Å²) < 4.78 is 0. The van der Waals surface area contributed by atoms with E-state index in [0.717, 1.165) is 23.9 Å². The van der Waals surface area contributed by atoms with Gasteiger partial charge in [0.25, 0.3) is 0 Å². The fourth-order valence-corrected chi connectivity index (χ4v) is 2.27. The first kappa shape index (κ1) is 20.8. The molecule has 3 rings (SSSR count). The summed E-state index contributed by atoms with van der Waals surface area (Å²) in [5.41, 5.74) is 1.74. The van der Waals surface area contributed by atoms with Crippen molar-refractivity contribution in [2.24, 2.45) is 0 Å². The zero-order valence-corrected chi connectivity index (χ0v) is 14.2. The largest absolute Gasteiger partial charge is 0.358 e. The molecule has 1 aromatic heterocycles. The van der Waals surface area contributed by atoms with Crippen LogP contribution in [0.2, 0.25) is 5.28 Å². The standard InChI is InChI=1S/C12H8ClN4O2.CH3.2Co/c13-12-14-7-10(17(18)19)11(15-12)16-6-5-8-3-1-2-4-9(8)16;;;/h1-3,7H,5-6H2;1H3;;/q2*-1;;. The van der Waals surface area contributed by atoms with E-state index in [9.17, 15) is 10.1 Å². The van der Waals surface area contributed by atoms with Gasteiger partial charge in [0.15, 0.2) is 0 Å². The van der Waals surface area contributed by atoms with Gasteiger partial charge in [0.1, 0.15) is 6.20 Å². The quantitative estimate of drug-likeness (QED) is 0.331. The van der Waals surface area contributed by atoms with Crippen molar-refractivity contribution in [1.29, 1.82) is 0 Å². The molecule has 0 unspecified atom stereocenters. The number of fused-ring (bicyclic) bond motifs is 1. The van der Waals surface area contributed by atoms with E-state index in [2.05, 4.69) is 16.0 Å². The Bertz CT molecular complexity index is 672. The van der Waals surface area contributed by atoms with Crippen molar-refractivity contribution < 1.29 is 38.5 Å². The third-order valence-electron chi connectivity index (χ3n) is 2.97. The number of benzene rings is 1. The summed E-state index contributed by atoms with van der Waals surface area (Å²) in [5.74, 6) is 0.214. The van der Waals surface area contributed by atoms with Gasteiger partial charge >= 0.3 is 5.69 Å². The first-order valence-corrected chi connectivity index (χ1v) is 5.98. The molecule has 9 heteroatoms. The third-order valence-corrected chi connectivity index (χ3v) is 3.15. The smallest absolute Gasteiger partial charge is 0.330 e. The minimum atomic E-state index is -0.507. The molecule has 1 aliphatic heterocycles. The van der Waals surface area contributed by atoms with Gasteiger partial charge in [-0.05, 0) is 11.6 Å². The van der Waals surface area contributed by atoms with Crippen molar-refractivity contribution in [3.8, 4) is 0 Å². The molecule has 2 heterocycles. The summed E-state index contributed by atoms with van der Waals surface area (Å²) in [7, 11) is 0. The summed E-state index contributed by atoms with van der Waals surface area (Å²) in [6.45, 7) is 0.615. The second-order valence-corrected chi connectivity index (χ2v) is 4.39. The molecule has 0 fully saturated rings. The number of nitrogens with zero attached hydrogens (tertiary/aromatic N) is 4. The molecule has 0 spiro atoms. The molecule has 0 amide bonds. The van der Waals surface area contributed by atoms with E-state index in [-0.39, 0.29) is 57.8 Å². The zero-order chi connectivity index (χ0) is 13.4. The van der Waals surface area contributed by atoms with Gasteiger partial charge in [-0.2, -0.15) is 29.2 Å². The van der Waals surface area contributed by atoms with E-state index in [1.807, 2.05) is 12.1 Å². The van der Waals surface area contributed by atoms with E-state index in [0.29, 0.717) is 6.54 Å². The van der Waals surface area contributed by atoms with Crippen LogP contribution >= 0.6 is 11.6 Å². The number of rotatable bonds is 2. The fourth-order valence-electron chi connectivity index (χ4n) is 2.14. The van der Waals surface area contributed by atoms with Crippen molar-refractivity contribution >= 4 is 28.8 Å². The molecule has 22 heavy (non-hydrogen) atoms. The maximum atomic E-state index is 11.0. The average Bonchev–Trinajstić information content (AvgIpc) is 2.82. The first-order chi connectivity index (χ1) is 9.16. The maximum Gasteiger partial charge on any atom is 0.330 e. The second-order valence-electron chi connectivity index (χ2n) is 4.05. The van der Waals surface area contributed by atoms with Crippen LogP contribution < -0.4 is 4.90 Å². The molecule has 6 nitrogen and oxygen atoms in total. The molecule has 0 N–H and O–H groups in total. The molecule has 0 bridgehead atoms. The van der Waals surface area contributed by atoms with Crippen molar-refractivity contribution in [2.75, 3.05) is 11.4 Å². The first-order valence-electron chi connectivity index (χ1n) is 5.61. The number of halogens is 1. The fraction of sp³-hybridized carbons (Fsp3) is 0.154. The van der Waals surface area contributed by atoms with Gasteiger partial charge in [0, 0.05) is 40.1 Å². The van der Waals surface area contributed by atoms with E-state index in [4.69, 9.17) is 11.6 Å². The predicted molar refractivity (Wildman–Crippen MR) is 76.1 cm³/mol. The van der Waals surface area contributed by atoms with Gasteiger partial charge < -0.3 is 12.3 Å². The van der Waals surface area contributed by atoms with Gasteiger partial charge in [0.2, 0.25) is 11.1 Å². The summed E-state index contributed by atoms with van der Waals surface area (Å²) in [6, 6.07) is 8.72. The van der Waals surface area contributed by atoms with Crippen LogP contribution in [0, 0.1) is 23.6 Å². The van der Waals surface area contributed by atoms with Crippen LogP contribution in [0.5, 0.6) is 0 Å². The topological polar surface area (TPSA) is 72.2 Å². The average molecular weight is 409 g/mol. The van der Waals surface area contributed by atoms with Gasteiger partial charge in [-0.1, -0.05) is 12.1 Å². The Labute approximate surface area is 153 Å². The number of para-hydroxylation sites is 1. The summed E-state index contributed by atoms with van der Waals surface area (Å²) in [6.07, 6.45) is 1.93. The Morgan fingerprint density at radius 1 is 1.41 bits per heavy atom. The van der Waals surface area contributed by atoms with Crippen LogP contribution in [0.15, 0.2) is 24.4 Å². The Morgan fingerprint density at radius 2 is 2.14 bits per heavy atom. The molecule has 0 atom stereocenters. The molecule has 122 valence electrons. The SMILES string of the molecule is O=[N+]([O-])c1cnc(Cl)nc1N1CCc2ccc[c-]c21.[CH3-].[Co].[Co].